The molecule has 0 radical (unpaired) electrons. The molecule has 0 amide bonds. The van der Waals surface area contributed by atoms with Crippen molar-refractivity contribution in [3.63, 3.8) is 0 Å². The molecular weight excluding hydrogens is 368 g/mol. The van der Waals surface area contributed by atoms with Crippen LogP contribution in [0.4, 0.5) is 0 Å². The van der Waals surface area contributed by atoms with Crippen LogP contribution in [0, 0.1) is 0 Å². The monoisotopic (exact) mass is 388 g/mol. The predicted molar refractivity (Wildman–Crippen MR) is 106 cm³/mol. The van der Waals surface area contributed by atoms with Crippen LogP contribution in [-0.4, -0.2) is 41.0 Å². The van der Waals surface area contributed by atoms with Gasteiger partial charge in [-0.1, -0.05) is 42.1 Å². The number of nitrogens with zero attached hydrogens (tertiary/aromatic N) is 2. The van der Waals surface area contributed by atoms with E-state index in [0.717, 1.165) is 26.4 Å². The Hall–Kier alpha value is -1.96. The van der Waals surface area contributed by atoms with Crippen molar-refractivity contribution in [2.24, 2.45) is 0 Å². The summed E-state index contributed by atoms with van der Waals surface area (Å²) in [7, 11) is 0. The fraction of sp³-hybridized carbons (Fsp3) is 0.316. The second-order valence-electron chi connectivity index (χ2n) is 5.50. The van der Waals surface area contributed by atoms with Gasteiger partial charge in [-0.3, -0.25) is 4.79 Å². The lowest BCUT2D eigenvalue weighted by Crippen LogP contribution is -2.19. The number of thioether (sulfide) groups is 1. The Morgan fingerprint density at radius 2 is 2.04 bits per heavy atom. The van der Waals surface area contributed by atoms with E-state index in [-0.39, 0.29) is 17.8 Å². The van der Waals surface area contributed by atoms with Gasteiger partial charge in [0.25, 0.3) is 0 Å². The van der Waals surface area contributed by atoms with Crippen LogP contribution < -0.4 is 0 Å². The maximum Gasteiger partial charge on any atom is 0.319 e. The molecule has 1 aromatic carbocycles. The van der Waals surface area contributed by atoms with Crippen LogP contribution in [-0.2, 0) is 14.3 Å². The van der Waals surface area contributed by atoms with Crippen molar-refractivity contribution in [1.29, 1.82) is 0 Å². The Labute approximate surface area is 160 Å². The maximum atomic E-state index is 12.2. The summed E-state index contributed by atoms with van der Waals surface area (Å²) in [5.74, 6) is -0.266. The van der Waals surface area contributed by atoms with Gasteiger partial charge in [-0.15, -0.1) is 11.3 Å². The van der Waals surface area contributed by atoms with Crippen LogP contribution in [0.15, 0.2) is 47.1 Å². The number of hydrogen-bond donors (Lipinski definition) is 0. The average Bonchev–Trinajstić information content (AvgIpc) is 3.11. The zero-order valence-corrected chi connectivity index (χ0v) is 16.3. The first-order valence-corrected chi connectivity index (χ1v) is 10.1. The van der Waals surface area contributed by atoms with Crippen LogP contribution >= 0.6 is 23.1 Å². The lowest BCUT2D eigenvalue weighted by Gasteiger charge is -2.12. The summed E-state index contributed by atoms with van der Waals surface area (Å²) in [6.07, 6.45) is 1.54. The number of ether oxygens (including phenoxy) is 2. The van der Waals surface area contributed by atoms with Gasteiger partial charge in [0.15, 0.2) is 0 Å². The molecule has 0 unspecified atom stereocenters. The van der Waals surface area contributed by atoms with E-state index in [9.17, 15) is 4.79 Å². The van der Waals surface area contributed by atoms with Crippen molar-refractivity contribution in [3.05, 3.63) is 42.0 Å². The first kappa shape index (κ1) is 18.8. The molecule has 1 atom stereocenters. The van der Waals surface area contributed by atoms with Gasteiger partial charge < -0.3 is 9.47 Å². The van der Waals surface area contributed by atoms with E-state index in [1.165, 1.54) is 11.8 Å². The lowest BCUT2D eigenvalue weighted by atomic mass is 10.1. The van der Waals surface area contributed by atoms with E-state index in [1.54, 1.807) is 17.7 Å². The SMILES string of the molecule is CCOCCOC(=O)[C@@H](C)Sc1ncnc2scc(-c3ccccc3)c12. The molecule has 0 aliphatic carbocycles. The third-order valence-electron chi connectivity index (χ3n) is 3.72. The standard InChI is InChI=1S/C19H20N2O3S2/c1-3-23-9-10-24-19(22)13(2)26-18-16-15(14-7-5-4-6-8-14)11-25-17(16)20-12-21-18/h4-8,11-13H,3,9-10H2,1-2H3/t13-/m1/s1. The van der Waals surface area contributed by atoms with Crippen molar-refractivity contribution in [3.8, 4) is 11.1 Å². The molecule has 0 aliphatic rings. The Balaban J connectivity index is 1.80. The first-order chi connectivity index (χ1) is 12.7. The number of thiophene rings is 1. The Bertz CT molecular complexity index is 868. The third-order valence-corrected chi connectivity index (χ3v) is 5.68. The molecular formula is C19H20N2O3S2. The summed E-state index contributed by atoms with van der Waals surface area (Å²) in [5.41, 5.74) is 2.20. The minimum absolute atomic E-state index is 0.266. The maximum absolute atomic E-state index is 12.2. The van der Waals surface area contributed by atoms with E-state index in [4.69, 9.17) is 9.47 Å². The number of fused-ring (bicyclic) bond motifs is 1. The van der Waals surface area contributed by atoms with Crippen molar-refractivity contribution >= 4 is 39.3 Å². The number of rotatable bonds is 8. The van der Waals surface area contributed by atoms with E-state index >= 15 is 0 Å². The highest BCUT2D eigenvalue weighted by molar-refractivity contribution is 8.00. The second-order valence-corrected chi connectivity index (χ2v) is 7.69. The molecule has 0 aliphatic heterocycles. The predicted octanol–water partition coefficient (Wildman–Crippen LogP) is 4.42. The number of hydrogen-bond acceptors (Lipinski definition) is 7. The Morgan fingerprint density at radius 3 is 2.81 bits per heavy atom. The van der Waals surface area contributed by atoms with Crippen molar-refractivity contribution in [2.45, 2.75) is 24.1 Å². The number of aromatic nitrogens is 2. The van der Waals surface area contributed by atoms with Crippen LogP contribution in [0.1, 0.15) is 13.8 Å². The highest BCUT2D eigenvalue weighted by Gasteiger charge is 2.20. The van der Waals surface area contributed by atoms with E-state index in [1.807, 2.05) is 32.0 Å². The van der Waals surface area contributed by atoms with E-state index < -0.39 is 0 Å². The van der Waals surface area contributed by atoms with Gasteiger partial charge in [0.2, 0.25) is 0 Å². The zero-order chi connectivity index (χ0) is 18.4. The van der Waals surface area contributed by atoms with Crippen molar-refractivity contribution < 1.29 is 14.3 Å². The van der Waals surface area contributed by atoms with Gasteiger partial charge >= 0.3 is 5.97 Å². The number of benzene rings is 1. The van der Waals surface area contributed by atoms with Gasteiger partial charge in [0.1, 0.15) is 28.0 Å². The smallest absolute Gasteiger partial charge is 0.319 e. The van der Waals surface area contributed by atoms with Gasteiger partial charge in [-0.25, -0.2) is 9.97 Å². The molecule has 26 heavy (non-hydrogen) atoms. The Kier molecular flexibility index (Phi) is 6.60. The largest absolute Gasteiger partial charge is 0.462 e. The van der Waals surface area contributed by atoms with Crippen LogP contribution in [0.2, 0.25) is 0 Å². The summed E-state index contributed by atoms with van der Waals surface area (Å²) in [5, 5.41) is 3.51. The molecule has 7 heteroatoms. The topological polar surface area (TPSA) is 61.3 Å². The molecule has 2 aromatic heterocycles. The quantitative estimate of drug-likeness (QED) is 0.246. The molecule has 0 fully saturated rings. The fourth-order valence-corrected chi connectivity index (χ4v) is 4.36. The minimum Gasteiger partial charge on any atom is -0.462 e. The third kappa shape index (κ3) is 4.41. The molecule has 0 N–H and O–H groups in total. The Morgan fingerprint density at radius 1 is 1.23 bits per heavy atom. The van der Waals surface area contributed by atoms with Gasteiger partial charge in [-0.2, -0.15) is 0 Å². The summed E-state index contributed by atoms with van der Waals surface area (Å²) in [6, 6.07) is 10.1. The minimum atomic E-state index is -0.363. The molecule has 0 spiro atoms. The highest BCUT2D eigenvalue weighted by atomic mass is 32.2. The molecule has 5 nitrogen and oxygen atoms in total. The average molecular weight is 389 g/mol. The van der Waals surface area contributed by atoms with E-state index in [2.05, 4.69) is 27.5 Å². The van der Waals surface area contributed by atoms with Crippen molar-refractivity contribution in [2.75, 3.05) is 19.8 Å². The van der Waals surface area contributed by atoms with Gasteiger partial charge in [0, 0.05) is 17.6 Å². The molecule has 3 aromatic rings. The number of esters is 1. The van der Waals surface area contributed by atoms with Crippen LogP contribution in [0.5, 0.6) is 0 Å². The highest BCUT2D eigenvalue weighted by Crippen LogP contribution is 2.38. The molecule has 3 rings (SSSR count). The van der Waals surface area contributed by atoms with Crippen LogP contribution in [0.25, 0.3) is 21.3 Å². The zero-order valence-electron chi connectivity index (χ0n) is 14.7. The molecule has 2 heterocycles. The molecule has 0 bridgehead atoms. The van der Waals surface area contributed by atoms with E-state index in [0.29, 0.717) is 13.2 Å². The van der Waals surface area contributed by atoms with Gasteiger partial charge in [0.05, 0.1) is 12.0 Å². The molecule has 0 saturated carbocycles. The lowest BCUT2D eigenvalue weighted by molar-refractivity contribution is -0.144. The normalized spacial score (nSPS) is 12.2. The van der Waals surface area contributed by atoms with Crippen molar-refractivity contribution in [1.82, 2.24) is 9.97 Å². The summed E-state index contributed by atoms with van der Waals surface area (Å²) >= 11 is 2.98. The summed E-state index contributed by atoms with van der Waals surface area (Å²) in [4.78, 5) is 21.9. The fourth-order valence-electron chi connectivity index (χ4n) is 2.45. The number of carbonyl (C=O) groups excluding carboxylic acids is 1. The second kappa shape index (κ2) is 9.12. The first-order valence-electron chi connectivity index (χ1n) is 8.39. The van der Waals surface area contributed by atoms with Gasteiger partial charge in [-0.05, 0) is 19.4 Å². The van der Waals surface area contributed by atoms with Crippen LogP contribution in [0.3, 0.4) is 0 Å². The summed E-state index contributed by atoms with van der Waals surface area (Å²) in [6.45, 7) is 5.04. The summed E-state index contributed by atoms with van der Waals surface area (Å²) < 4.78 is 10.5. The molecule has 136 valence electrons. The number of carbonyl (C=O) groups is 1. The molecule has 0 saturated heterocycles.